The predicted octanol–water partition coefficient (Wildman–Crippen LogP) is 6.63. The summed E-state index contributed by atoms with van der Waals surface area (Å²) in [6, 6.07) is 39.3. The zero-order valence-corrected chi connectivity index (χ0v) is 26.0. The van der Waals surface area contributed by atoms with Gasteiger partial charge in [0.25, 0.3) is 0 Å². The number of rotatable bonds is 10. The molecule has 0 bridgehead atoms. The quantitative estimate of drug-likeness (QED) is 0.173. The smallest absolute Gasteiger partial charge is 0.227 e. The molecule has 5 aromatic rings. The van der Waals surface area contributed by atoms with Gasteiger partial charge in [0, 0.05) is 51.5 Å². The molecule has 0 radical (unpaired) electrons. The Balaban J connectivity index is 1.17. The molecule has 1 heterocycles. The van der Waals surface area contributed by atoms with Crippen LogP contribution in [0.15, 0.2) is 121 Å². The number of nitrogen functional groups attached to an aromatic ring is 1. The highest BCUT2D eigenvalue weighted by Crippen LogP contribution is 2.31. The van der Waals surface area contributed by atoms with Crippen LogP contribution in [0.3, 0.4) is 0 Å². The van der Waals surface area contributed by atoms with E-state index < -0.39 is 0 Å². The number of amides is 1. The van der Waals surface area contributed by atoms with Gasteiger partial charge < -0.3 is 26.2 Å². The van der Waals surface area contributed by atoms with Crippen molar-refractivity contribution in [3.8, 4) is 11.1 Å². The second-order valence-corrected chi connectivity index (χ2v) is 11.9. The molecule has 0 aliphatic carbocycles. The van der Waals surface area contributed by atoms with Crippen molar-refractivity contribution in [2.75, 3.05) is 41.7 Å². The summed E-state index contributed by atoms with van der Waals surface area (Å²) >= 11 is 0. The Bertz CT molecular complexity index is 1770. The lowest BCUT2D eigenvalue weighted by Gasteiger charge is -2.38. The number of carbonyl (C=O) groups excluding carboxylic acids is 1. The molecule has 0 saturated carbocycles. The van der Waals surface area contributed by atoms with E-state index >= 15 is 0 Å². The van der Waals surface area contributed by atoms with Gasteiger partial charge in [-0.2, -0.15) is 0 Å². The van der Waals surface area contributed by atoms with E-state index in [9.17, 15) is 9.18 Å². The van der Waals surface area contributed by atoms with Crippen molar-refractivity contribution in [1.29, 1.82) is 0 Å². The van der Waals surface area contributed by atoms with Gasteiger partial charge in [-0.05, 0) is 75.8 Å². The number of nitrogens with zero attached hydrogens (tertiary/aromatic N) is 3. The molecule has 6 rings (SSSR count). The summed E-state index contributed by atoms with van der Waals surface area (Å²) in [4.78, 5) is 20.1. The molecular formula is C39H40FN5O. The second-order valence-electron chi connectivity index (χ2n) is 11.9. The second kappa shape index (κ2) is 14.3. The molecular weight excluding hydrogens is 573 g/mol. The lowest BCUT2D eigenvalue weighted by Crippen LogP contribution is -2.46. The van der Waals surface area contributed by atoms with Crippen LogP contribution in [-0.4, -0.2) is 37.0 Å². The van der Waals surface area contributed by atoms with Crippen LogP contribution in [0.4, 0.5) is 21.5 Å². The third-order valence-electron chi connectivity index (χ3n) is 8.62. The highest BCUT2D eigenvalue weighted by molar-refractivity contribution is 5.79. The van der Waals surface area contributed by atoms with Gasteiger partial charge in [0.2, 0.25) is 5.91 Å². The lowest BCUT2D eigenvalue weighted by molar-refractivity contribution is -0.131. The minimum absolute atomic E-state index is 0.0721. The number of piperazine rings is 1. The summed E-state index contributed by atoms with van der Waals surface area (Å²) in [5, 5.41) is 0. The molecule has 1 aliphatic heterocycles. The molecule has 1 aliphatic rings. The van der Waals surface area contributed by atoms with Gasteiger partial charge in [-0.3, -0.25) is 4.79 Å². The maximum absolute atomic E-state index is 13.6. The number of benzene rings is 5. The van der Waals surface area contributed by atoms with Crippen molar-refractivity contribution in [3.05, 3.63) is 149 Å². The minimum Gasteiger partial charge on any atom is -0.397 e. The molecule has 46 heavy (non-hydrogen) atoms. The third kappa shape index (κ3) is 7.56. The molecule has 0 unspecified atom stereocenters. The summed E-state index contributed by atoms with van der Waals surface area (Å²) < 4.78 is 13.4. The molecule has 6 nitrogen and oxygen atoms in total. The minimum atomic E-state index is -0.219. The van der Waals surface area contributed by atoms with E-state index in [0.29, 0.717) is 26.1 Å². The van der Waals surface area contributed by atoms with Crippen LogP contribution in [0.2, 0.25) is 0 Å². The lowest BCUT2D eigenvalue weighted by atomic mass is 10.0. The topological polar surface area (TPSA) is 78.8 Å². The highest BCUT2D eigenvalue weighted by atomic mass is 19.1. The maximum Gasteiger partial charge on any atom is 0.227 e. The maximum atomic E-state index is 13.6. The van der Waals surface area contributed by atoms with Crippen molar-refractivity contribution in [2.24, 2.45) is 5.73 Å². The van der Waals surface area contributed by atoms with Crippen molar-refractivity contribution in [2.45, 2.75) is 26.1 Å². The van der Waals surface area contributed by atoms with Gasteiger partial charge >= 0.3 is 0 Å². The molecule has 1 saturated heterocycles. The number of halogens is 1. The molecule has 0 aromatic heterocycles. The Morgan fingerprint density at radius 1 is 0.652 bits per heavy atom. The zero-order chi connectivity index (χ0) is 31.9. The monoisotopic (exact) mass is 613 g/mol. The van der Waals surface area contributed by atoms with Gasteiger partial charge in [0.05, 0.1) is 17.8 Å². The molecule has 0 atom stereocenters. The van der Waals surface area contributed by atoms with E-state index in [1.165, 1.54) is 12.1 Å². The van der Waals surface area contributed by atoms with Crippen molar-refractivity contribution in [1.82, 2.24) is 4.90 Å². The summed E-state index contributed by atoms with van der Waals surface area (Å²) in [7, 11) is 0. The van der Waals surface area contributed by atoms with Gasteiger partial charge in [-0.15, -0.1) is 0 Å². The fraction of sp³-hybridized carbons (Fsp3) is 0.205. The summed E-state index contributed by atoms with van der Waals surface area (Å²) in [5.41, 5.74) is 21.6. The van der Waals surface area contributed by atoms with Gasteiger partial charge in [0.1, 0.15) is 5.82 Å². The summed E-state index contributed by atoms with van der Waals surface area (Å²) in [6.45, 7) is 4.78. The first-order valence-corrected chi connectivity index (χ1v) is 15.8. The van der Waals surface area contributed by atoms with Crippen LogP contribution in [-0.2, 0) is 30.8 Å². The normalized spacial score (nSPS) is 13.1. The fourth-order valence-electron chi connectivity index (χ4n) is 6.14. The average molecular weight is 614 g/mol. The van der Waals surface area contributed by atoms with E-state index in [4.69, 9.17) is 11.5 Å². The molecule has 0 spiro atoms. The Morgan fingerprint density at radius 3 is 1.96 bits per heavy atom. The van der Waals surface area contributed by atoms with Crippen LogP contribution >= 0.6 is 0 Å². The van der Waals surface area contributed by atoms with E-state index in [0.717, 1.165) is 76.6 Å². The van der Waals surface area contributed by atoms with Gasteiger partial charge in [-0.25, -0.2) is 4.39 Å². The van der Waals surface area contributed by atoms with E-state index in [2.05, 4.69) is 46.2 Å². The fourth-order valence-corrected chi connectivity index (χ4v) is 6.14. The predicted molar refractivity (Wildman–Crippen MR) is 186 cm³/mol. The van der Waals surface area contributed by atoms with Crippen LogP contribution in [0.1, 0.15) is 22.3 Å². The van der Waals surface area contributed by atoms with E-state index in [1.54, 1.807) is 0 Å². The van der Waals surface area contributed by atoms with Crippen LogP contribution in [0.25, 0.3) is 11.1 Å². The molecule has 1 fully saturated rings. The summed E-state index contributed by atoms with van der Waals surface area (Å²) in [6.07, 6.45) is 0.341. The van der Waals surface area contributed by atoms with Crippen molar-refractivity contribution in [3.63, 3.8) is 0 Å². The number of nitrogens with two attached hydrogens (primary N) is 2. The number of hydrogen-bond donors (Lipinski definition) is 2. The standard InChI is InChI=1S/C39H40FN5O/c40-35-13-15-36(16-14-35)43-18-20-44(21-19-43)38-17-12-34(25-37(38)42)33-11-5-10-32(23-33)28-45(27-31-9-4-8-30(22-31)26-41)39(46)24-29-6-2-1-3-7-29/h1-17,22-23,25H,18-21,24,26-28,41-42H2. The summed E-state index contributed by atoms with van der Waals surface area (Å²) in [5.74, 6) is -0.147. The molecule has 234 valence electrons. The van der Waals surface area contributed by atoms with Crippen molar-refractivity contribution >= 4 is 23.0 Å². The van der Waals surface area contributed by atoms with Gasteiger partial charge in [0.15, 0.2) is 0 Å². The Kier molecular flexibility index (Phi) is 9.60. The number of hydrogen-bond acceptors (Lipinski definition) is 5. The first-order valence-electron chi connectivity index (χ1n) is 15.8. The van der Waals surface area contributed by atoms with Crippen LogP contribution in [0.5, 0.6) is 0 Å². The molecule has 4 N–H and O–H groups in total. The Hall–Kier alpha value is -5.14. The zero-order valence-electron chi connectivity index (χ0n) is 26.0. The third-order valence-corrected chi connectivity index (χ3v) is 8.62. The average Bonchev–Trinajstić information content (AvgIpc) is 3.09. The molecule has 5 aromatic carbocycles. The number of anilines is 3. The first-order chi connectivity index (χ1) is 22.4. The molecule has 1 amide bonds. The van der Waals surface area contributed by atoms with Crippen LogP contribution in [0, 0.1) is 5.82 Å². The van der Waals surface area contributed by atoms with E-state index in [1.807, 2.05) is 77.7 Å². The van der Waals surface area contributed by atoms with E-state index in [-0.39, 0.29) is 11.7 Å². The number of carbonyl (C=O) groups is 1. The van der Waals surface area contributed by atoms with Gasteiger partial charge in [-0.1, -0.05) is 78.9 Å². The molecule has 7 heteroatoms. The largest absolute Gasteiger partial charge is 0.397 e. The van der Waals surface area contributed by atoms with Crippen LogP contribution < -0.4 is 21.3 Å². The van der Waals surface area contributed by atoms with Crippen molar-refractivity contribution < 1.29 is 9.18 Å². The SMILES string of the molecule is NCc1cccc(CN(Cc2cccc(-c3ccc(N4CCN(c5ccc(F)cc5)CC4)c(N)c3)c2)C(=O)Cc2ccccc2)c1. The Labute approximate surface area is 270 Å². The highest BCUT2D eigenvalue weighted by Gasteiger charge is 2.20. The first kappa shape index (κ1) is 30.9. The Morgan fingerprint density at radius 2 is 1.26 bits per heavy atom.